The number of rotatable bonds is 5. The molecule has 1 aromatic rings. The molecule has 0 aromatic heterocycles. The van der Waals surface area contributed by atoms with Gasteiger partial charge in [0, 0.05) is 32.9 Å². The topological polar surface area (TPSA) is 105 Å². The number of hydrogen-bond acceptors (Lipinski definition) is 4. The maximum Gasteiger partial charge on any atom is 0.316 e. The third-order valence-electron chi connectivity index (χ3n) is 2.60. The van der Waals surface area contributed by atoms with Gasteiger partial charge in [0.2, 0.25) is 10.0 Å². The first-order valence-electron chi connectivity index (χ1n) is 6.05. The molecule has 0 spiro atoms. The molecule has 0 aliphatic heterocycles. The van der Waals surface area contributed by atoms with Gasteiger partial charge in [-0.3, -0.25) is 0 Å². The van der Waals surface area contributed by atoms with Crippen LogP contribution in [0.2, 0.25) is 0 Å². The Kier molecular flexibility index (Phi) is 5.34. The van der Waals surface area contributed by atoms with Gasteiger partial charge in [-0.15, -0.1) is 0 Å². The summed E-state index contributed by atoms with van der Waals surface area (Å²) >= 11 is 0. The van der Waals surface area contributed by atoms with Crippen molar-refractivity contribution < 1.29 is 13.2 Å². The number of nitrogen functional groups attached to an aromatic ring is 1. The van der Waals surface area contributed by atoms with Crippen molar-refractivity contribution in [2.24, 2.45) is 0 Å². The average molecular weight is 300 g/mol. The molecule has 0 aliphatic carbocycles. The molecule has 112 valence electrons. The molecule has 0 heterocycles. The normalized spacial score (nSPS) is 11.2. The van der Waals surface area contributed by atoms with Crippen molar-refractivity contribution in [3.05, 3.63) is 23.8 Å². The molecule has 7 nitrogen and oxygen atoms in total. The SMILES string of the molecule is Cc1ccc(N)cc1S(=O)(=O)NCCNC(=O)N(C)C. The van der Waals surface area contributed by atoms with Crippen molar-refractivity contribution in [3.63, 3.8) is 0 Å². The number of hydrogen-bond donors (Lipinski definition) is 3. The first-order chi connectivity index (χ1) is 9.24. The first-order valence-corrected chi connectivity index (χ1v) is 7.53. The highest BCUT2D eigenvalue weighted by Gasteiger charge is 2.16. The number of nitrogens with zero attached hydrogens (tertiary/aromatic N) is 1. The third-order valence-corrected chi connectivity index (χ3v) is 4.20. The molecule has 1 aromatic carbocycles. The fourth-order valence-electron chi connectivity index (χ4n) is 1.50. The summed E-state index contributed by atoms with van der Waals surface area (Å²) in [5.41, 5.74) is 6.60. The Balaban J connectivity index is 2.63. The van der Waals surface area contributed by atoms with Gasteiger partial charge in [-0.1, -0.05) is 6.07 Å². The predicted molar refractivity (Wildman–Crippen MR) is 77.9 cm³/mol. The minimum absolute atomic E-state index is 0.107. The minimum atomic E-state index is -3.63. The van der Waals surface area contributed by atoms with E-state index >= 15 is 0 Å². The van der Waals surface area contributed by atoms with E-state index in [1.165, 1.54) is 11.0 Å². The third kappa shape index (κ3) is 4.39. The number of sulfonamides is 1. The highest BCUT2D eigenvalue weighted by Crippen LogP contribution is 2.17. The minimum Gasteiger partial charge on any atom is -0.399 e. The second-order valence-electron chi connectivity index (χ2n) is 4.55. The number of benzene rings is 1. The van der Waals surface area contributed by atoms with Crippen LogP contribution in [-0.4, -0.2) is 46.5 Å². The molecule has 0 saturated heterocycles. The van der Waals surface area contributed by atoms with Crippen LogP contribution in [0.5, 0.6) is 0 Å². The zero-order valence-electron chi connectivity index (χ0n) is 11.8. The largest absolute Gasteiger partial charge is 0.399 e. The number of carbonyl (C=O) groups excluding carboxylic acids is 1. The molecule has 0 fully saturated rings. The maximum atomic E-state index is 12.1. The van der Waals surface area contributed by atoms with Crippen LogP contribution >= 0.6 is 0 Å². The smallest absolute Gasteiger partial charge is 0.316 e. The van der Waals surface area contributed by atoms with Crippen LogP contribution in [0.1, 0.15) is 5.56 Å². The van der Waals surface area contributed by atoms with E-state index in [4.69, 9.17) is 5.73 Å². The van der Waals surface area contributed by atoms with Crippen LogP contribution in [0.25, 0.3) is 0 Å². The fourth-order valence-corrected chi connectivity index (χ4v) is 2.81. The Morgan fingerprint density at radius 1 is 1.30 bits per heavy atom. The lowest BCUT2D eigenvalue weighted by molar-refractivity contribution is 0.217. The number of amides is 2. The van der Waals surface area contributed by atoms with Gasteiger partial charge >= 0.3 is 6.03 Å². The highest BCUT2D eigenvalue weighted by atomic mass is 32.2. The van der Waals surface area contributed by atoms with E-state index in [1.54, 1.807) is 33.2 Å². The zero-order valence-corrected chi connectivity index (χ0v) is 12.6. The van der Waals surface area contributed by atoms with Crippen molar-refractivity contribution in [2.45, 2.75) is 11.8 Å². The van der Waals surface area contributed by atoms with Crippen LogP contribution in [0.15, 0.2) is 23.1 Å². The van der Waals surface area contributed by atoms with E-state index in [1.807, 2.05) is 0 Å². The van der Waals surface area contributed by atoms with Crippen LogP contribution < -0.4 is 15.8 Å². The van der Waals surface area contributed by atoms with Gasteiger partial charge in [-0.25, -0.2) is 17.9 Å². The molecule has 0 saturated carbocycles. The summed E-state index contributed by atoms with van der Waals surface area (Å²) in [6, 6.07) is 4.43. The van der Waals surface area contributed by atoms with Gasteiger partial charge in [0.25, 0.3) is 0 Å². The standard InChI is InChI=1S/C12H20N4O3S/c1-9-4-5-10(13)8-11(9)20(18,19)15-7-6-14-12(17)16(2)3/h4-5,8,15H,6-7,13H2,1-3H3,(H,14,17). The Hall–Kier alpha value is -1.80. The Bertz CT molecular complexity index is 584. The van der Waals surface area contributed by atoms with E-state index in [0.717, 1.165) is 0 Å². The summed E-state index contributed by atoms with van der Waals surface area (Å²) < 4.78 is 26.6. The summed E-state index contributed by atoms with van der Waals surface area (Å²) in [5, 5.41) is 2.57. The zero-order chi connectivity index (χ0) is 15.3. The molecule has 8 heteroatoms. The van der Waals surface area contributed by atoms with Gasteiger partial charge in [-0.05, 0) is 24.6 Å². The molecular formula is C12H20N4O3S. The van der Waals surface area contributed by atoms with Gasteiger partial charge in [0.1, 0.15) is 0 Å². The van der Waals surface area contributed by atoms with Gasteiger partial charge < -0.3 is 16.0 Å². The lowest BCUT2D eigenvalue weighted by Gasteiger charge is -2.13. The molecule has 0 radical (unpaired) electrons. The molecule has 0 aliphatic rings. The van der Waals surface area contributed by atoms with Crippen LogP contribution in [0, 0.1) is 6.92 Å². The van der Waals surface area contributed by atoms with Crippen molar-refractivity contribution >= 4 is 21.7 Å². The van der Waals surface area contributed by atoms with Crippen molar-refractivity contribution in [1.82, 2.24) is 14.9 Å². The van der Waals surface area contributed by atoms with Crippen molar-refractivity contribution in [3.8, 4) is 0 Å². The number of anilines is 1. The molecule has 1 rings (SSSR count). The lowest BCUT2D eigenvalue weighted by atomic mass is 10.2. The first kappa shape index (κ1) is 16.3. The van der Waals surface area contributed by atoms with E-state index in [-0.39, 0.29) is 24.0 Å². The van der Waals surface area contributed by atoms with Gasteiger partial charge in [0.05, 0.1) is 4.90 Å². The summed E-state index contributed by atoms with van der Waals surface area (Å²) in [7, 11) is -0.413. The van der Waals surface area contributed by atoms with Crippen LogP contribution in [0.3, 0.4) is 0 Å². The second-order valence-corrected chi connectivity index (χ2v) is 6.28. The highest BCUT2D eigenvalue weighted by molar-refractivity contribution is 7.89. The summed E-state index contributed by atoms with van der Waals surface area (Å²) in [6.07, 6.45) is 0. The predicted octanol–water partition coefficient (Wildman–Crippen LogP) is 0.127. The fraction of sp³-hybridized carbons (Fsp3) is 0.417. The molecule has 2 amide bonds. The quantitative estimate of drug-likeness (QED) is 0.531. The number of carbonyl (C=O) groups is 1. The van der Waals surface area contributed by atoms with E-state index < -0.39 is 10.0 Å². The maximum absolute atomic E-state index is 12.1. The van der Waals surface area contributed by atoms with Crippen LogP contribution in [-0.2, 0) is 10.0 Å². The molecule has 0 atom stereocenters. The van der Waals surface area contributed by atoms with E-state index in [0.29, 0.717) is 11.3 Å². The molecule has 0 unspecified atom stereocenters. The van der Waals surface area contributed by atoms with Crippen LogP contribution in [0.4, 0.5) is 10.5 Å². The van der Waals surface area contributed by atoms with E-state index in [9.17, 15) is 13.2 Å². The summed E-state index contributed by atoms with van der Waals surface area (Å²) in [4.78, 5) is 12.8. The number of urea groups is 1. The Morgan fingerprint density at radius 2 is 1.95 bits per heavy atom. The lowest BCUT2D eigenvalue weighted by Crippen LogP contribution is -2.39. The van der Waals surface area contributed by atoms with Gasteiger partial charge in [-0.2, -0.15) is 0 Å². The molecule has 4 N–H and O–H groups in total. The molecule has 20 heavy (non-hydrogen) atoms. The Morgan fingerprint density at radius 3 is 2.55 bits per heavy atom. The van der Waals surface area contributed by atoms with Crippen molar-refractivity contribution in [1.29, 1.82) is 0 Å². The molecular weight excluding hydrogens is 280 g/mol. The number of nitrogens with two attached hydrogens (primary N) is 1. The van der Waals surface area contributed by atoms with Crippen molar-refractivity contribution in [2.75, 3.05) is 32.9 Å². The van der Waals surface area contributed by atoms with Gasteiger partial charge in [0.15, 0.2) is 0 Å². The second kappa shape index (κ2) is 6.58. The Labute approximate surface area is 119 Å². The number of aryl methyl sites for hydroxylation is 1. The average Bonchev–Trinajstić information content (AvgIpc) is 2.37. The summed E-state index contributed by atoms with van der Waals surface area (Å²) in [5.74, 6) is 0. The summed E-state index contributed by atoms with van der Waals surface area (Å²) in [6.45, 7) is 2.01. The number of nitrogens with one attached hydrogen (secondary N) is 2. The monoisotopic (exact) mass is 300 g/mol. The molecule has 0 bridgehead atoms. The van der Waals surface area contributed by atoms with E-state index in [2.05, 4.69) is 10.0 Å².